The molecule has 0 aromatic heterocycles. The number of aliphatic hydroxyl groups excluding tert-OH is 1. The van der Waals surface area contributed by atoms with E-state index in [2.05, 4.69) is 6.92 Å². The Morgan fingerprint density at radius 2 is 0.774 bits per heavy atom. The van der Waals surface area contributed by atoms with Crippen molar-refractivity contribution in [1.82, 2.24) is 0 Å². The van der Waals surface area contributed by atoms with Crippen molar-refractivity contribution in [2.75, 3.05) is 39.6 Å². The summed E-state index contributed by atoms with van der Waals surface area (Å²) in [7, 11) is -9.76. The highest BCUT2D eigenvalue weighted by Gasteiger charge is 2.30. The molecule has 5 atom stereocenters. The van der Waals surface area contributed by atoms with Crippen molar-refractivity contribution in [1.29, 1.82) is 0 Å². The molecule has 0 amide bonds. The Kier molecular flexibility index (Phi) is 30.1. The molecule has 0 radical (unpaired) electrons. The summed E-state index contributed by atoms with van der Waals surface area (Å²) in [5.74, 6) is -2.28. The maximum atomic E-state index is 12.5. The third-order valence-corrected chi connectivity index (χ3v) is 9.25. The SMILES string of the molecule is CCCCCCCC(=O)OC[C@H](COP(=O)(O)OC[C@@H](O)COP(=O)(O)OC[C@@H](COC(=O)CCCCCC)OC(=O)CCCC)OC(=O)CCCC. The van der Waals surface area contributed by atoms with E-state index in [-0.39, 0.29) is 25.7 Å². The van der Waals surface area contributed by atoms with E-state index in [0.29, 0.717) is 25.7 Å². The van der Waals surface area contributed by atoms with Gasteiger partial charge in [-0.1, -0.05) is 85.5 Å². The molecule has 0 heterocycles. The zero-order valence-electron chi connectivity index (χ0n) is 31.9. The second-order valence-corrected chi connectivity index (χ2v) is 15.5. The van der Waals surface area contributed by atoms with Crippen LogP contribution in [0.5, 0.6) is 0 Å². The van der Waals surface area contributed by atoms with Gasteiger partial charge in [0.15, 0.2) is 12.2 Å². The van der Waals surface area contributed by atoms with E-state index in [1.165, 1.54) is 0 Å². The van der Waals surface area contributed by atoms with Gasteiger partial charge in [-0.3, -0.25) is 37.3 Å². The lowest BCUT2D eigenvalue weighted by Crippen LogP contribution is -2.30. The first-order valence-electron chi connectivity index (χ1n) is 18.8. The molecule has 0 aliphatic rings. The summed E-state index contributed by atoms with van der Waals surface area (Å²) in [6.07, 6.45) is 6.88. The van der Waals surface area contributed by atoms with Crippen LogP contribution in [0.25, 0.3) is 0 Å². The molecule has 0 aromatic carbocycles. The first-order chi connectivity index (χ1) is 25.2. The van der Waals surface area contributed by atoms with Gasteiger partial charge in [-0.05, 0) is 25.7 Å². The quantitative estimate of drug-likeness (QED) is 0.0278. The van der Waals surface area contributed by atoms with Gasteiger partial charge in [0, 0.05) is 25.7 Å². The van der Waals surface area contributed by atoms with Gasteiger partial charge >= 0.3 is 39.5 Å². The van der Waals surface area contributed by atoms with Crippen molar-refractivity contribution in [3.05, 3.63) is 0 Å². The van der Waals surface area contributed by atoms with Gasteiger partial charge in [0.2, 0.25) is 0 Å². The van der Waals surface area contributed by atoms with Gasteiger partial charge in [0.25, 0.3) is 0 Å². The highest BCUT2D eigenvalue weighted by Crippen LogP contribution is 2.45. The van der Waals surface area contributed by atoms with Gasteiger partial charge in [0.05, 0.1) is 26.4 Å². The van der Waals surface area contributed by atoms with Gasteiger partial charge in [-0.25, -0.2) is 9.13 Å². The van der Waals surface area contributed by atoms with Crippen molar-refractivity contribution < 1.29 is 80.2 Å². The van der Waals surface area contributed by atoms with Crippen LogP contribution < -0.4 is 0 Å². The smallest absolute Gasteiger partial charge is 0.462 e. The Labute approximate surface area is 314 Å². The number of carbonyl (C=O) groups excluding carboxylic acids is 4. The number of rotatable bonds is 35. The molecule has 19 heteroatoms. The monoisotopic (exact) mass is 806 g/mol. The summed E-state index contributed by atoms with van der Waals surface area (Å²) in [5.41, 5.74) is 0. The number of phosphoric acid groups is 2. The molecule has 0 aliphatic heterocycles. The van der Waals surface area contributed by atoms with Crippen LogP contribution in [0.3, 0.4) is 0 Å². The number of esters is 4. The largest absolute Gasteiger partial charge is 0.472 e. The maximum Gasteiger partial charge on any atom is 0.472 e. The van der Waals surface area contributed by atoms with Crippen molar-refractivity contribution in [2.45, 2.75) is 155 Å². The van der Waals surface area contributed by atoms with Crippen LogP contribution in [0.1, 0.15) is 137 Å². The predicted octanol–water partition coefficient (Wildman–Crippen LogP) is 6.24. The van der Waals surface area contributed by atoms with E-state index in [1.54, 1.807) is 0 Å². The molecule has 312 valence electrons. The second kappa shape index (κ2) is 31.3. The number of hydrogen-bond acceptors (Lipinski definition) is 15. The number of aliphatic hydroxyl groups is 1. The molecule has 0 aliphatic carbocycles. The number of hydrogen-bond donors (Lipinski definition) is 3. The normalized spacial score (nSPS) is 15.4. The third kappa shape index (κ3) is 31.0. The first kappa shape index (κ1) is 51.1. The summed E-state index contributed by atoms with van der Waals surface area (Å²) in [4.78, 5) is 68.8. The second-order valence-electron chi connectivity index (χ2n) is 12.5. The lowest BCUT2D eigenvalue weighted by atomic mass is 10.1. The van der Waals surface area contributed by atoms with Crippen molar-refractivity contribution >= 4 is 39.5 Å². The molecule has 0 rings (SSSR count). The summed E-state index contributed by atoms with van der Waals surface area (Å²) in [6.45, 7) is 3.87. The highest BCUT2D eigenvalue weighted by molar-refractivity contribution is 7.47. The molecular formula is C34H64O17P2. The molecular weight excluding hydrogens is 742 g/mol. The molecule has 2 unspecified atom stereocenters. The van der Waals surface area contributed by atoms with E-state index in [9.17, 15) is 43.2 Å². The predicted molar refractivity (Wildman–Crippen MR) is 192 cm³/mol. The van der Waals surface area contributed by atoms with E-state index in [1.807, 2.05) is 20.8 Å². The zero-order valence-corrected chi connectivity index (χ0v) is 33.7. The Hall–Kier alpha value is -1.94. The van der Waals surface area contributed by atoms with E-state index < -0.39 is 97.5 Å². The van der Waals surface area contributed by atoms with E-state index in [0.717, 1.165) is 57.8 Å². The minimum Gasteiger partial charge on any atom is -0.462 e. The fraction of sp³-hybridized carbons (Fsp3) is 0.882. The molecule has 0 saturated carbocycles. The minimum atomic E-state index is -4.88. The fourth-order valence-corrected chi connectivity index (χ4v) is 5.87. The van der Waals surface area contributed by atoms with Crippen LogP contribution in [0.2, 0.25) is 0 Å². The lowest BCUT2D eigenvalue weighted by molar-refractivity contribution is -0.161. The molecule has 0 spiro atoms. The Morgan fingerprint density at radius 1 is 0.453 bits per heavy atom. The van der Waals surface area contributed by atoms with Gasteiger partial charge in [-0.15, -0.1) is 0 Å². The Morgan fingerprint density at radius 3 is 1.15 bits per heavy atom. The fourth-order valence-electron chi connectivity index (χ4n) is 4.29. The summed E-state index contributed by atoms with van der Waals surface area (Å²) in [6, 6.07) is 0. The van der Waals surface area contributed by atoms with Crippen LogP contribution in [0, 0.1) is 0 Å². The average Bonchev–Trinajstić information content (AvgIpc) is 3.12. The minimum absolute atomic E-state index is 0.0767. The van der Waals surface area contributed by atoms with Gasteiger partial charge in [-0.2, -0.15) is 0 Å². The summed E-state index contributed by atoms with van der Waals surface area (Å²) in [5, 5.41) is 10.2. The molecule has 0 bridgehead atoms. The van der Waals surface area contributed by atoms with Crippen LogP contribution in [0.4, 0.5) is 0 Å². The molecule has 3 N–H and O–H groups in total. The van der Waals surface area contributed by atoms with Crippen LogP contribution >= 0.6 is 15.6 Å². The van der Waals surface area contributed by atoms with E-state index >= 15 is 0 Å². The molecule has 0 saturated heterocycles. The maximum absolute atomic E-state index is 12.5. The highest BCUT2D eigenvalue weighted by atomic mass is 31.2. The zero-order chi connectivity index (χ0) is 40.0. The molecule has 53 heavy (non-hydrogen) atoms. The average molecular weight is 807 g/mol. The number of ether oxygens (including phenoxy) is 4. The Bertz CT molecular complexity index is 1110. The molecule has 17 nitrogen and oxygen atoms in total. The number of phosphoric ester groups is 2. The van der Waals surface area contributed by atoms with Crippen LogP contribution in [-0.2, 0) is 65.4 Å². The molecule has 0 fully saturated rings. The van der Waals surface area contributed by atoms with Crippen LogP contribution in [0.15, 0.2) is 0 Å². The van der Waals surface area contributed by atoms with Crippen LogP contribution in [-0.4, -0.2) is 96.7 Å². The van der Waals surface area contributed by atoms with Gasteiger partial charge in [0.1, 0.15) is 19.3 Å². The van der Waals surface area contributed by atoms with Crippen molar-refractivity contribution in [2.24, 2.45) is 0 Å². The Balaban J connectivity index is 4.95. The third-order valence-electron chi connectivity index (χ3n) is 7.35. The lowest BCUT2D eigenvalue weighted by Gasteiger charge is -2.21. The van der Waals surface area contributed by atoms with Gasteiger partial charge < -0.3 is 33.8 Å². The molecule has 0 aromatic rings. The summed E-state index contributed by atoms with van der Waals surface area (Å²) >= 11 is 0. The standard InChI is InChI=1S/C34H64O17P2/c1-5-9-13-15-17-21-32(37)45-25-30(51-34(39)19-12-8-4)27-49-53(42,43)47-23-28(35)22-46-52(40,41)48-26-29(50-33(38)18-11-7-3)24-44-31(36)20-16-14-10-6-2/h28-30,35H,5-27H2,1-4H3,(H,40,41)(H,42,43)/t28-,29+,30+/m0/s1. The van der Waals surface area contributed by atoms with Crippen molar-refractivity contribution in [3.8, 4) is 0 Å². The van der Waals surface area contributed by atoms with Crippen molar-refractivity contribution in [3.63, 3.8) is 0 Å². The number of carbonyl (C=O) groups is 4. The topological polar surface area (TPSA) is 237 Å². The summed E-state index contributed by atoms with van der Waals surface area (Å²) < 4.78 is 65.1. The first-order valence-corrected chi connectivity index (χ1v) is 21.8. The number of unbranched alkanes of at least 4 members (excludes halogenated alkanes) is 9. The van der Waals surface area contributed by atoms with E-state index in [4.69, 9.17) is 37.0 Å².